The Morgan fingerprint density at radius 2 is 2.08 bits per heavy atom. The Hall–Kier alpha value is -0.830. The summed E-state index contributed by atoms with van der Waals surface area (Å²) in [5.74, 6) is 1.03. The summed E-state index contributed by atoms with van der Waals surface area (Å²) in [6.07, 6.45) is 6.89. The molecule has 0 aliphatic heterocycles. The Balaban J connectivity index is 2.23. The maximum absolute atomic E-state index is 5.50. The second-order valence-electron chi connectivity index (χ2n) is 3.63. The average Bonchev–Trinajstić information content (AvgIpc) is 2.38. The number of fused-ring (bicyclic) bond motifs is 1. The van der Waals surface area contributed by atoms with Crippen LogP contribution in [0.1, 0.15) is 36.3 Å². The first-order chi connectivity index (χ1) is 6.42. The molecule has 2 rings (SSSR count). The third-order valence-corrected chi connectivity index (χ3v) is 2.66. The molecule has 0 fully saturated rings. The van der Waals surface area contributed by atoms with Crippen molar-refractivity contribution in [2.45, 2.75) is 38.5 Å². The van der Waals surface area contributed by atoms with Crippen LogP contribution in [0.4, 0.5) is 0 Å². The molecule has 72 valence electrons. The fraction of sp³-hybridized carbons (Fsp3) is 0.700. The van der Waals surface area contributed by atoms with E-state index in [0.29, 0.717) is 6.54 Å². The Morgan fingerprint density at radius 3 is 2.92 bits per heavy atom. The Bertz CT molecular complexity index is 280. The minimum absolute atomic E-state index is 0.654. The highest BCUT2D eigenvalue weighted by Crippen LogP contribution is 2.23. The van der Waals surface area contributed by atoms with Crippen LogP contribution < -0.4 is 5.73 Å². The molecule has 2 N–H and O–H groups in total. The van der Waals surface area contributed by atoms with Crippen molar-refractivity contribution in [3.63, 3.8) is 0 Å². The minimum atomic E-state index is 0.654. The largest absolute Gasteiger partial charge is 0.361 e. The van der Waals surface area contributed by atoms with Crippen LogP contribution in [-0.2, 0) is 19.3 Å². The highest BCUT2D eigenvalue weighted by atomic mass is 16.5. The fourth-order valence-electron chi connectivity index (χ4n) is 1.96. The molecule has 0 spiro atoms. The van der Waals surface area contributed by atoms with Crippen molar-refractivity contribution in [3.8, 4) is 0 Å². The van der Waals surface area contributed by atoms with E-state index < -0.39 is 0 Å². The number of nitrogens with zero attached hydrogens (tertiary/aromatic N) is 1. The topological polar surface area (TPSA) is 52.0 Å². The zero-order valence-corrected chi connectivity index (χ0v) is 7.88. The average molecular weight is 180 g/mol. The molecule has 1 heterocycles. The normalized spacial score (nSPS) is 16.7. The van der Waals surface area contributed by atoms with Gasteiger partial charge in [0.15, 0.2) is 0 Å². The molecule has 0 atom stereocenters. The Morgan fingerprint density at radius 1 is 1.23 bits per heavy atom. The summed E-state index contributed by atoms with van der Waals surface area (Å²) < 4.78 is 5.28. The lowest BCUT2D eigenvalue weighted by Crippen LogP contribution is -2.04. The second kappa shape index (κ2) is 3.92. The van der Waals surface area contributed by atoms with E-state index in [-0.39, 0.29) is 0 Å². The van der Waals surface area contributed by atoms with Crippen LogP contribution in [0.15, 0.2) is 4.52 Å². The summed E-state index contributed by atoms with van der Waals surface area (Å²) >= 11 is 0. The van der Waals surface area contributed by atoms with Gasteiger partial charge in [-0.05, 0) is 32.2 Å². The summed E-state index contributed by atoms with van der Waals surface area (Å²) in [4.78, 5) is 0. The van der Waals surface area contributed by atoms with Crippen molar-refractivity contribution >= 4 is 0 Å². The molecule has 0 unspecified atom stereocenters. The molecule has 3 nitrogen and oxygen atoms in total. The maximum atomic E-state index is 5.50. The van der Waals surface area contributed by atoms with E-state index in [9.17, 15) is 0 Å². The quantitative estimate of drug-likeness (QED) is 0.701. The molecule has 0 saturated carbocycles. The van der Waals surface area contributed by atoms with Crippen molar-refractivity contribution in [2.24, 2.45) is 5.73 Å². The summed E-state index contributed by atoms with van der Waals surface area (Å²) in [5.41, 5.74) is 8.04. The second-order valence-corrected chi connectivity index (χ2v) is 3.63. The van der Waals surface area contributed by atoms with Gasteiger partial charge in [-0.1, -0.05) is 11.6 Å². The van der Waals surface area contributed by atoms with E-state index in [1.54, 1.807) is 0 Å². The van der Waals surface area contributed by atoms with Gasteiger partial charge in [0, 0.05) is 12.0 Å². The van der Waals surface area contributed by atoms with Crippen LogP contribution in [0.5, 0.6) is 0 Å². The van der Waals surface area contributed by atoms with Gasteiger partial charge in [-0.3, -0.25) is 0 Å². The van der Waals surface area contributed by atoms with Crippen molar-refractivity contribution in [1.82, 2.24) is 5.16 Å². The zero-order chi connectivity index (χ0) is 9.10. The monoisotopic (exact) mass is 180 g/mol. The van der Waals surface area contributed by atoms with E-state index in [2.05, 4.69) is 5.16 Å². The minimum Gasteiger partial charge on any atom is -0.361 e. The molecule has 0 radical (unpaired) electrons. The first-order valence-electron chi connectivity index (χ1n) is 5.08. The predicted molar refractivity (Wildman–Crippen MR) is 50.5 cm³/mol. The van der Waals surface area contributed by atoms with Gasteiger partial charge in [0.1, 0.15) is 5.76 Å². The first kappa shape index (κ1) is 8.75. The lowest BCUT2D eigenvalue weighted by atomic mass is 10.1. The van der Waals surface area contributed by atoms with Crippen LogP contribution in [-0.4, -0.2) is 11.7 Å². The number of aryl methyl sites for hydroxylation is 1. The molecular formula is C10H16N2O. The lowest BCUT2D eigenvalue weighted by molar-refractivity contribution is 0.375. The molecule has 1 aliphatic rings. The molecule has 0 amide bonds. The van der Waals surface area contributed by atoms with Gasteiger partial charge in [-0.2, -0.15) is 0 Å². The number of aromatic nitrogens is 1. The van der Waals surface area contributed by atoms with Crippen molar-refractivity contribution < 1.29 is 4.52 Å². The van der Waals surface area contributed by atoms with E-state index in [1.807, 2.05) is 0 Å². The van der Waals surface area contributed by atoms with E-state index in [1.165, 1.54) is 30.5 Å². The molecule has 1 aromatic heterocycles. The molecule has 3 heteroatoms. The highest BCUT2D eigenvalue weighted by Gasteiger charge is 2.16. The molecule has 0 bridgehead atoms. The van der Waals surface area contributed by atoms with Crippen LogP contribution in [0.25, 0.3) is 0 Å². The van der Waals surface area contributed by atoms with Crippen LogP contribution in [0.2, 0.25) is 0 Å². The van der Waals surface area contributed by atoms with Gasteiger partial charge in [-0.25, -0.2) is 0 Å². The van der Waals surface area contributed by atoms with Gasteiger partial charge in [-0.15, -0.1) is 0 Å². The van der Waals surface area contributed by atoms with Crippen LogP contribution in [0, 0.1) is 0 Å². The number of hydrogen-bond donors (Lipinski definition) is 1. The van der Waals surface area contributed by atoms with Gasteiger partial charge in [0.05, 0.1) is 5.69 Å². The fourth-order valence-corrected chi connectivity index (χ4v) is 1.96. The van der Waals surface area contributed by atoms with Crippen LogP contribution >= 0.6 is 0 Å². The van der Waals surface area contributed by atoms with E-state index >= 15 is 0 Å². The smallest absolute Gasteiger partial charge is 0.141 e. The number of rotatable bonds is 2. The molecular weight excluding hydrogens is 164 g/mol. The lowest BCUT2D eigenvalue weighted by Gasteiger charge is -1.97. The summed E-state index contributed by atoms with van der Waals surface area (Å²) in [7, 11) is 0. The van der Waals surface area contributed by atoms with Crippen molar-refractivity contribution in [3.05, 3.63) is 17.0 Å². The molecule has 0 aromatic carbocycles. The number of nitrogens with two attached hydrogens (primary N) is 1. The molecule has 13 heavy (non-hydrogen) atoms. The van der Waals surface area contributed by atoms with E-state index in [4.69, 9.17) is 10.3 Å². The third-order valence-electron chi connectivity index (χ3n) is 2.66. The predicted octanol–water partition coefficient (Wildman–Crippen LogP) is 1.44. The summed E-state index contributed by atoms with van der Waals surface area (Å²) in [6.45, 7) is 0.654. The zero-order valence-electron chi connectivity index (χ0n) is 7.88. The highest BCUT2D eigenvalue weighted by molar-refractivity contribution is 5.24. The van der Waals surface area contributed by atoms with Gasteiger partial charge >= 0.3 is 0 Å². The molecule has 1 aliphatic carbocycles. The summed E-state index contributed by atoms with van der Waals surface area (Å²) in [6, 6.07) is 0. The van der Waals surface area contributed by atoms with Gasteiger partial charge < -0.3 is 10.3 Å². The molecule has 1 aromatic rings. The van der Waals surface area contributed by atoms with Gasteiger partial charge in [0.25, 0.3) is 0 Å². The SMILES string of the molecule is NCCc1onc2c1CCCCC2. The van der Waals surface area contributed by atoms with E-state index in [0.717, 1.165) is 25.0 Å². The van der Waals surface area contributed by atoms with Gasteiger partial charge in [0.2, 0.25) is 0 Å². The van der Waals surface area contributed by atoms with Crippen molar-refractivity contribution in [1.29, 1.82) is 0 Å². The Labute approximate surface area is 78.3 Å². The maximum Gasteiger partial charge on any atom is 0.141 e. The standard InChI is InChI=1S/C10H16N2O/c11-7-6-10-8-4-2-1-3-5-9(8)12-13-10/h1-7,11H2. The Kier molecular flexibility index (Phi) is 2.64. The van der Waals surface area contributed by atoms with Crippen LogP contribution in [0.3, 0.4) is 0 Å². The summed E-state index contributed by atoms with van der Waals surface area (Å²) in [5, 5.41) is 4.10. The first-order valence-corrected chi connectivity index (χ1v) is 5.08. The number of hydrogen-bond acceptors (Lipinski definition) is 3. The third kappa shape index (κ3) is 1.75. The molecule has 0 saturated heterocycles. The van der Waals surface area contributed by atoms with Crippen molar-refractivity contribution in [2.75, 3.05) is 6.54 Å².